The fraction of sp³-hybridized carbons (Fsp3) is 0.0833. The molecule has 4 N–H and O–H groups in total. The third kappa shape index (κ3) is 2.68. The highest BCUT2D eigenvalue weighted by molar-refractivity contribution is 9.10. The van der Waals surface area contributed by atoms with Crippen molar-refractivity contribution in [2.75, 3.05) is 0 Å². The van der Waals surface area contributed by atoms with Gasteiger partial charge in [0.05, 0.1) is 12.1 Å². The minimum atomic E-state index is -0.697. The first-order chi connectivity index (χ1) is 10.5. The Bertz CT molecular complexity index is 871. The highest BCUT2D eigenvalue weighted by Gasteiger charge is 2.15. The van der Waals surface area contributed by atoms with E-state index in [2.05, 4.69) is 41.8 Å². The first-order valence-corrected chi connectivity index (χ1v) is 6.87. The van der Waals surface area contributed by atoms with Crippen molar-refractivity contribution < 1.29 is 14.1 Å². The van der Waals surface area contributed by atoms with Crippen molar-refractivity contribution >= 4 is 38.8 Å². The smallest absolute Gasteiger partial charge is 0.270 e. The number of nitrogens with two attached hydrogens (primary N) is 1. The summed E-state index contributed by atoms with van der Waals surface area (Å²) in [6.07, 6.45) is 0. The molecular weight excluding hydrogens is 356 g/mol. The first kappa shape index (κ1) is 14.2. The van der Waals surface area contributed by atoms with Crippen LogP contribution in [0.2, 0.25) is 0 Å². The highest BCUT2D eigenvalue weighted by atomic mass is 79.9. The molecule has 3 rings (SSSR count). The highest BCUT2D eigenvalue weighted by Crippen LogP contribution is 2.21. The molecule has 0 radical (unpaired) electrons. The standard InChI is InChI=1S/C12H9BrN6O3/c13-5-1-7(10-8(2-5)16-19-17-10)12(21)15-4-6-3-9(11(14)20)18-22-6/h1-3H,4H2,(H2,14,20)(H,15,21)(H,16,17,19). The number of hydrogen-bond donors (Lipinski definition) is 3. The van der Waals surface area contributed by atoms with Gasteiger partial charge in [-0.15, -0.1) is 0 Å². The lowest BCUT2D eigenvalue weighted by atomic mass is 10.1. The predicted octanol–water partition coefficient (Wildman–Crippen LogP) is 0.737. The molecule has 112 valence electrons. The summed E-state index contributed by atoms with van der Waals surface area (Å²) in [5, 5.41) is 16.5. The van der Waals surface area contributed by atoms with Crippen molar-refractivity contribution in [3.05, 3.63) is 39.7 Å². The van der Waals surface area contributed by atoms with Crippen LogP contribution in [-0.4, -0.2) is 32.4 Å². The Labute approximate surface area is 131 Å². The molecule has 0 fully saturated rings. The maximum Gasteiger partial charge on any atom is 0.270 e. The fourth-order valence-corrected chi connectivity index (χ4v) is 2.31. The molecule has 0 aliphatic rings. The summed E-state index contributed by atoms with van der Waals surface area (Å²) in [7, 11) is 0. The summed E-state index contributed by atoms with van der Waals surface area (Å²) >= 11 is 3.31. The molecule has 0 aliphatic heterocycles. The lowest BCUT2D eigenvalue weighted by Gasteiger charge is -2.04. The number of primary amides is 1. The lowest BCUT2D eigenvalue weighted by molar-refractivity contribution is 0.0946. The summed E-state index contributed by atoms with van der Waals surface area (Å²) in [6, 6.07) is 4.75. The molecule has 22 heavy (non-hydrogen) atoms. The van der Waals surface area contributed by atoms with Gasteiger partial charge in [-0.3, -0.25) is 9.59 Å². The van der Waals surface area contributed by atoms with E-state index < -0.39 is 5.91 Å². The van der Waals surface area contributed by atoms with E-state index >= 15 is 0 Å². The second-order valence-corrected chi connectivity index (χ2v) is 5.29. The lowest BCUT2D eigenvalue weighted by Crippen LogP contribution is -2.23. The van der Waals surface area contributed by atoms with Crippen molar-refractivity contribution in [2.24, 2.45) is 5.73 Å². The summed E-state index contributed by atoms with van der Waals surface area (Å²) < 4.78 is 5.60. The maximum atomic E-state index is 12.3. The van der Waals surface area contributed by atoms with Crippen LogP contribution in [0.15, 0.2) is 27.2 Å². The Balaban J connectivity index is 1.78. The number of halogens is 1. The van der Waals surface area contributed by atoms with Crippen LogP contribution in [-0.2, 0) is 6.54 Å². The van der Waals surface area contributed by atoms with Crippen molar-refractivity contribution in [3.8, 4) is 0 Å². The molecule has 0 bridgehead atoms. The Morgan fingerprint density at radius 2 is 2.14 bits per heavy atom. The van der Waals surface area contributed by atoms with Gasteiger partial charge in [0.25, 0.3) is 11.8 Å². The van der Waals surface area contributed by atoms with Gasteiger partial charge in [-0.25, -0.2) is 0 Å². The number of nitrogens with one attached hydrogen (secondary N) is 2. The summed E-state index contributed by atoms with van der Waals surface area (Å²) in [6.45, 7) is 0.0605. The van der Waals surface area contributed by atoms with Gasteiger partial charge in [0.2, 0.25) is 0 Å². The number of carbonyl (C=O) groups excluding carboxylic acids is 2. The SMILES string of the molecule is NC(=O)c1cc(CNC(=O)c2cc(Br)cc3n[nH]nc23)on1. The molecule has 0 saturated heterocycles. The van der Waals surface area contributed by atoms with E-state index in [0.29, 0.717) is 26.8 Å². The topological polar surface area (TPSA) is 140 Å². The minimum absolute atomic E-state index is 0.00518. The van der Waals surface area contributed by atoms with Crippen molar-refractivity contribution in [1.82, 2.24) is 25.9 Å². The molecule has 0 saturated carbocycles. The molecule has 0 unspecified atom stereocenters. The molecule has 0 aliphatic carbocycles. The van der Waals surface area contributed by atoms with Crippen molar-refractivity contribution in [2.45, 2.75) is 6.54 Å². The van der Waals surface area contributed by atoms with Gasteiger partial charge in [0.1, 0.15) is 11.0 Å². The third-order valence-electron chi connectivity index (χ3n) is 2.87. The molecule has 3 aromatic rings. The van der Waals surface area contributed by atoms with Crippen LogP contribution < -0.4 is 11.1 Å². The number of aromatic amines is 1. The number of benzene rings is 1. The number of amides is 2. The number of H-pyrrole nitrogens is 1. The molecular formula is C12H9BrN6O3. The van der Waals surface area contributed by atoms with Gasteiger partial charge >= 0.3 is 0 Å². The zero-order valence-electron chi connectivity index (χ0n) is 11.0. The van der Waals surface area contributed by atoms with Crippen LogP contribution in [0.3, 0.4) is 0 Å². The summed E-state index contributed by atoms with van der Waals surface area (Å²) in [5.41, 5.74) is 6.45. The second-order valence-electron chi connectivity index (χ2n) is 4.37. The van der Waals surface area contributed by atoms with E-state index in [1.54, 1.807) is 12.1 Å². The van der Waals surface area contributed by atoms with E-state index in [0.717, 1.165) is 0 Å². The largest absolute Gasteiger partial charge is 0.364 e. The minimum Gasteiger partial charge on any atom is -0.364 e. The average molecular weight is 365 g/mol. The van der Waals surface area contributed by atoms with Crippen LogP contribution in [0.5, 0.6) is 0 Å². The maximum absolute atomic E-state index is 12.3. The number of rotatable bonds is 4. The Morgan fingerprint density at radius 3 is 2.86 bits per heavy atom. The number of nitrogens with zero attached hydrogens (tertiary/aromatic N) is 3. The summed E-state index contributed by atoms with van der Waals surface area (Å²) in [5.74, 6) is -0.747. The fourth-order valence-electron chi connectivity index (χ4n) is 1.86. The number of fused-ring (bicyclic) bond motifs is 1. The number of carbonyl (C=O) groups is 2. The van der Waals surface area contributed by atoms with Gasteiger partial charge in [0.15, 0.2) is 11.5 Å². The van der Waals surface area contributed by atoms with E-state index in [1.165, 1.54) is 6.07 Å². The van der Waals surface area contributed by atoms with Crippen molar-refractivity contribution in [1.29, 1.82) is 0 Å². The van der Waals surface area contributed by atoms with E-state index in [4.69, 9.17) is 10.3 Å². The number of hydrogen-bond acceptors (Lipinski definition) is 6. The normalized spacial score (nSPS) is 10.8. The Kier molecular flexibility index (Phi) is 3.59. The zero-order chi connectivity index (χ0) is 15.7. The summed E-state index contributed by atoms with van der Waals surface area (Å²) in [4.78, 5) is 23.2. The van der Waals surface area contributed by atoms with Gasteiger partial charge in [-0.05, 0) is 12.1 Å². The number of aromatic nitrogens is 4. The first-order valence-electron chi connectivity index (χ1n) is 6.08. The molecule has 2 heterocycles. The quantitative estimate of drug-likeness (QED) is 0.623. The Morgan fingerprint density at radius 1 is 1.32 bits per heavy atom. The Hall–Kier alpha value is -2.75. The molecule has 2 aromatic heterocycles. The van der Waals surface area contributed by atoms with Crippen molar-refractivity contribution in [3.63, 3.8) is 0 Å². The third-order valence-corrected chi connectivity index (χ3v) is 3.32. The van der Waals surface area contributed by atoms with Crippen LogP contribution in [0.25, 0.3) is 11.0 Å². The zero-order valence-corrected chi connectivity index (χ0v) is 12.5. The second kappa shape index (κ2) is 5.56. The molecule has 0 atom stereocenters. The van der Waals surface area contributed by atoms with E-state index in [1.807, 2.05) is 0 Å². The molecule has 1 aromatic carbocycles. The van der Waals surface area contributed by atoms with Crippen LogP contribution in [0.4, 0.5) is 0 Å². The molecule has 9 nitrogen and oxygen atoms in total. The van der Waals surface area contributed by atoms with Gasteiger partial charge < -0.3 is 15.6 Å². The monoisotopic (exact) mass is 364 g/mol. The predicted molar refractivity (Wildman–Crippen MR) is 77.8 cm³/mol. The van der Waals surface area contributed by atoms with Gasteiger partial charge in [-0.2, -0.15) is 15.4 Å². The van der Waals surface area contributed by atoms with Crippen LogP contribution in [0, 0.1) is 0 Å². The molecule has 2 amide bonds. The molecule has 10 heteroatoms. The average Bonchev–Trinajstić information content (AvgIpc) is 3.12. The van der Waals surface area contributed by atoms with E-state index in [-0.39, 0.29) is 18.1 Å². The molecule has 0 spiro atoms. The van der Waals surface area contributed by atoms with E-state index in [9.17, 15) is 9.59 Å². The van der Waals surface area contributed by atoms with Crippen LogP contribution in [0.1, 0.15) is 26.6 Å². The van der Waals surface area contributed by atoms with Gasteiger partial charge in [-0.1, -0.05) is 21.1 Å². The van der Waals surface area contributed by atoms with Gasteiger partial charge in [0, 0.05) is 10.5 Å². The van der Waals surface area contributed by atoms with Crippen LogP contribution >= 0.6 is 15.9 Å².